The van der Waals surface area contributed by atoms with E-state index in [1.807, 2.05) is 14.0 Å². The van der Waals surface area contributed by atoms with E-state index in [-0.39, 0.29) is 11.4 Å². The fourth-order valence-electron chi connectivity index (χ4n) is 2.71. The van der Waals surface area contributed by atoms with Gasteiger partial charge in [-0.1, -0.05) is 26.7 Å². The molecular formula is C12H23NO2. The molecule has 0 amide bonds. The van der Waals surface area contributed by atoms with E-state index < -0.39 is 5.54 Å². The van der Waals surface area contributed by atoms with Crippen LogP contribution >= 0.6 is 0 Å². The summed E-state index contributed by atoms with van der Waals surface area (Å²) in [7, 11) is 1.87. The Balaban J connectivity index is 2.94. The number of carbonyl (C=O) groups excluding carboxylic acids is 1. The molecule has 1 unspecified atom stereocenters. The van der Waals surface area contributed by atoms with Gasteiger partial charge in [-0.2, -0.15) is 0 Å². The van der Waals surface area contributed by atoms with Crippen LogP contribution in [0.1, 0.15) is 46.5 Å². The third-order valence-corrected chi connectivity index (χ3v) is 3.81. The van der Waals surface area contributed by atoms with E-state index in [1.54, 1.807) is 0 Å². The standard InChI is InChI=1S/C12H23NO2/c1-5-15-10(14)12(13-4)9-7-6-8-11(12,2)3/h13H,5-9H2,1-4H3. The summed E-state index contributed by atoms with van der Waals surface area (Å²) in [6, 6.07) is 0. The lowest BCUT2D eigenvalue weighted by Crippen LogP contribution is -2.62. The lowest BCUT2D eigenvalue weighted by atomic mass is 9.63. The van der Waals surface area contributed by atoms with E-state index in [2.05, 4.69) is 19.2 Å². The number of carbonyl (C=O) groups is 1. The minimum atomic E-state index is -0.485. The summed E-state index contributed by atoms with van der Waals surface area (Å²) in [5, 5.41) is 3.22. The first-order valence-corrected chi connectivity index (χ1v) is 5.86. The van der Waals surface area contributed by atoms with Crippen molar-refractivity contribution in [3.63, 3.8) is 0 Å². The summed E-state index contributed by atoms with van der Waals surface area (Å²) in [5.41, 5.74) is -0.506. The summed E-state index contributed by atoms with van der Waals surface area (Å²) < 4.78 is 5.21. The summed E-state index contributed by atoms with van der Waals surface area (Å²) in [6.07, 6.45) is 4.26. The minimum absolute atomic E-state index is 0.0216. The molecule has 0 aromatic rings. The Bertz CT molecular complexity index is 238. The van der Waals surface area contributed by atoms with Gasteiger partial charge in [-0.25, -0.2) is 0 Å². The summed E-state index contributed by atoms with van der Waals surface area (Å²) in [4.78, 5) is 12.1. The Labute approximate surface area is 92.6 Å². The second-order valence-electron chi connectivity index (χ2n) is 4.97. The molecule has 1 aliphatic carbocycles. The monoisotopic (exact) mass is 213 g/mol. The predicted octanol–water partition coefficient (Wildman–Crippen LogP) is 2.11. The van der Waals surface area contributed by atoms with Crippen LogP contribution in [0.25, 0.3) is 0 Å². The lowest BCUT2D eigenvalue weighted by Gasteiger charge is -2.47. The average molecular weight is 213 g/mol. The molecule has 0 bridgehead atoms. The molecule has 1 N–H and O–H groups in total. The van der Waals surface area contributed by atoms with Crippen molar-refractivity contribution in [2.75, 3.05) is 13.7 Å². The molecule has 0 radical (unpaired) electrons. The molecule has 0 heterocycles. The van der Waals surface area contributed by atoms with Crippen LogP contribution in [0.5, 0.6) is 0 Å². The maximum atomic E-state index is 12.1. The summed E-state index contributed by atoms with van der Waals surface area (Å²) in [6.45, 7) is 6.62. The van der Waals surface area contributed by atoms with E-state index in [0.717, 1.165) is 19.3 Å². The molecule has 0 aromatic carbocycles. The van der Waals surface area contributed by atoms with Crippen LogP contribution in [-0.4, -0.2) is 25.2 Å². The van der Waals surface area contributed by atoms with E-state index in [4.69, 9.17) is 4.74 Å². The maximum absolute atomic E-state index is 12.1. The van der Waals surface area contributed by atoms with Crippen molar-refractivity contribution in [2.45, 2.75) is 52.0 Å². The highest BCUT2D eigenvalue weighted by Crippen LogP contribution is 2.44. The molecule has 1 fully saturated rings. The van der Waals surface area contributed by atoms with Gasteiger partial charge in [0.15, 0.2) is 0 Å². The second kappa shape index (κ2) is 4.52. The Morgan fingerprint density at radius 1 is 1.33 bits per heavy atom. The Kier molecular flexibility index (Phi) is 3.77. The van der Waals surface area contributed by atoms with Gasteiger partial charge in [0.05, 0.1) is 6.61 Å². The molecule has 88 valence electrons. The molecule has 1 atom stereocenters. The number of nitrogens with one attached hydrogen (secondary N) is 1. The van der Waals surface area contributed by atoms with Gasteiger partial charge in [-0.3, -0.25) is 4.79 Å². The highest BCUT2D eigenvalue weighted by atomic mass is 16.5. The lowest BCUT2D eigenvalue weighted by molar-refractivity contribution is -0.159. The Morgan fingerprint density at radius 3 is 2.40 bits per heavy atom. The van der Waals surface area contributed by atoms with Gasteiger partial charge >= 0.3 is 5.97 Å². The maximum Gasteiger partial charge on any atom is 0.326 e. The minimum Gasteiger partial charge on any atom is -0.465 e. The van der Waals surface area contributed by atoms with Gasteiger partial charge in [-0.05, 0) is 32.2 Å². The van der Waals surface area contributed by atoms with Crippen LogP contribution in [0.15, 0.2) is 0 Å². The van der Waals surface area contributed by atoms with Gasteiger partial charge < -0.3 is 10.1 Å². The van der Waals surface area contributed by atoms with Crippen LogP contribution in [0, 0.1) is 5.41 Å². The fourth-order valence-corrected chi connectivity index (χ4v) is 2.71. The zero-order valence-corrected chi connectivity index (χ0v) is 10.4. The van der Waals surface area contributed by atoms with Crippen LogP contribution in [0.4, 0.5) is 0 Å². The number of hydrogen-bond donors (Lipinski definition) is 1. The molecule has 0 spiro atoms. The third-order valence-electron chi connectivity index (χ3n) is 3.81. The van der Waals surface area contributed by atoms with Crippen molar-refractivity contribution >= 4 is 5.97 Å². The van der Waals surface area contributed by atoms with Gasteiger partial charge in [0, 0.05) is 0 Å². The van der Waals surface area contributed by atoms with E-state index in [0.29, 0.717) is 6.61 Å². The van der Waals surface area contributed by atoms with Gasteiger partial charge in [-0.15, -0.1) is 0 Å². The van der Waals surface area contributed by atoms with E-state index >= 15 is 0 Å². The number of likely N-dealkylation sites (N-methyl/N-ethyl adjacent to an activating group) is 1. The van der Waals surface area contributed by atoms with Crippen molar-refractivity contribution in [2.24, 2.45) is 5.41 Å². The normalized spacial score (nSPS) is 29.9. The van der Waals surface area contributed by atoms with Crippen molar-refractivity contribution in [3.8, 4) is 0 Å². The molecule has 3 heteroatoms. The largest absolute Gasteiger partial charge is 0.465 e. The van der Waals surface area contributed by atoms with Gasteiger partial charge in [0.1, 0.15) is 5.54 Å². The number of hydrogen-bond acceptors (Lipinski definition) is 3. The van der Waals surface area contributed by atoms with Gasteiger partial charge in [0.2, 0.25) is 0 Å². The molecule has 1 aliphatic rings. The molecule has 1 saturated carbocycles. The smallest absolute Gasteiger partial charge is 0.326 e. The topological polar surface area (TPSA) is 38.3 Å². The molecule has 0 aliphatic heterocycles. The quantitative estimate of drug-likeness (QED) is 0.730. The van der Waals surface area contributed by atoms with E-state index in [1.165, 1.54) is 6.42 Å². The van der Waals surface area contributed by atoms with Crippen LogP contribution in [0.3, 0.4) is 0 Å². The Morgan fingerprint density at radius 2 is 1.93 bits per heavy atom. The number of esters is 1. The number of rotatable bonds is 3. The Hall–Kier alpha value is -0.570. The SMILES string of the molecule is CCOC(=O)C1(NC)CCCCC1(C)C. The first-order chi connectivity index (χ1) is 7.00. The highest BCUT2D eigenvalue weighted by molar-refractivity contribution is 5.82. The summed E-state index contributed by atoms with van der Waals surface area (Å²) in [5.74, 6) is -0.0859. The van der Waals surface area contributed by atoms with Gasteiger partial charge in [0.25, 0.3) is 0 Å². The molecule has 3 nitrogen and oxygen atoms in total. The number of ether oxygens (including phenoxy) is 1. The molecule has 0 saturated heterocycles. The molecular weight excluding hydrogens is 190 g/mol. The highest BCUT2D eigenvalue weighted by Gasteiger charge is 2.52. The predicted molar refractivity (Wildman–Crippen MR) is 60.7 cm³/mol. The summed E-state index contributed by atoms with van der Waals surface area (Å²) >= 11 is 0. The van der Waals surface area contributed by atoms with Crippen molar-refractivity contribution < 1.29 is 9.53 Å². The van der Waals surface area contributed by atoms with Crippen LogP contribution in [-0.2, 0) is 9.53 Å². The first kappa shape index (κ1) is 12.5. The first-order valence-electron chi connectivity index (χ1n) is 5.86. The van der Waals surface area contributed by atoms with Crippen LogP contribution < -0.4 is 5.32 Å². The zero-order valence-electron chi connectivity index (χ0n) is 10.4. The second-order valence-corrected chi connectivity index (χ2v) is 4.97. The molecule has 0 aromatic heterocycles. The molecule has 15 heavy (non-hydrogen) atoms. The van der Waals surface area contributed by atoms with E-state index in [9.17, 15) is 4.79 Å². The van der Waals surface area contributed by atoms with Crippen molar-refractivity contribution in [1.82, 2.24) is 5.32 Å². The molecule has 1 rings (SSSR count). The van der Waals surface area contributed by atoms with Crippen molar-refractivity contribution in [1.29, 1.82) is 0 Å². The van der Waals surface area contributed by atoms with Crippen molar-refractivity contribution in [3.05, 3.63) is 0 Å². The zero-order chi connectivity index (χ0) is 11.5. The third kappa shape index (κ3) is 2.03. The van der Waals surface area contributed by atoms with Crippen LogP contribution in [0.2, 0.25) is 0 Å². The fraction of sp³-hybridized carbons (Fsp3) is 0.917. The average Bonchev–Trinajstić information content (AvgIpc) is 2.18.